The lowest BCUT2D eigenvalue weighted by Gasteiger charge is -2.21. The molecule has 0 spiro atoms. The zero-order chi connectivity index (χ0) is 11.4. The van der Waals surface area contributed by atoms with Crippen LogP contribution in [0.5, 0.6) is 0 Å². The fourth-order valence-corrected chi connectivity index (χ4v) is 1.61. The molecule has 5 nitrogen and oxygen atoms in total. The average Bonchev–Trinajstić information content (AvgIpc) is 2.33. The topological polar surface area (TPSA) is 60.5 Å². The van der Waals surface area contributed by atoms with Gasteiger partial charge in [-0.15, -0.1) is 0 Å². The van der Waals surface area contributed by atoms with Gasteiger partial charge in [0.15, 0.2) is 6.10 Å². The first-order chi connectivity index (χ1) is 7.75. The number of carbonyl (C=O) groups excluding carboxylic acids is 1. The van der Waals surface area contributed by atoms with Crippen molar-refractivity contribution in [3.8, 4) is 0 Å². The SMILES string of the molecule is O=C(Nc1ccc(I)cn1)[C@@H]1COCCO1. The molecule has 1 N–H and O–H groups in total. The van der Waals surface area contributed by atoms with Crippen LogP contribution >= 0.6 is 22.6 Å². The molecule has 0 saturated carbocycles. The predicted octanol–water partition coefficient (Wildman–Crippen LogP) is 1.04. The minimum Gasteiger partial charge on any atom is -0.376 e. The van der Waals surface area contributed by atoms with E-state index in [0.29, 0.717) is 25.6 Å². The van der Waals surface area contributed by atoms with Gasteiger partial charge in [-0.25, -0.2) is 4.98 Å². The lowest BCUT2D eigenvalue weighted by molar-refractivity contribution is -0.142. The number of amides is 1. The molecule has 0 radical (unpaired) electrons. The first kappa shape index (κ1) is 11.7. The summed E-state index contributed by atoms with van der Waals surface area (Å²) in [6, 6.07) is 3.63. The van der Waals surface area contributed by atoms with Gasteiger partial charge in [0.05, 0.1) is 19.8 Å². The number of nitrogens with zero attached hydrogens (tertiary/aromatic N) is 1. The fraction of sp³-hybridized carbons (Fsp3) is 0.400. The van der Waals surface area contributed by atoms with Gasteiger partial charge in [-0.2, -0.15) is 0 Å². The molecule has 1 fully saturated rings. The molecule has 1 aromatic rings. The van der Waals surface area contributed by atoms with Crippen LogP contribution in [0.2, 0.25) is 0 Å². The van der Waals surface area contributed by atoms with E-state index in [9.17, 15) is 4.79 Å². The molecule has 1 amide bonds. The van der Waals surface area contributed by atoms with Crippen molar-refractivity contribution in [1.29, 1.82) is 0 Å². The van der Waals surface area contributed by atoms with Crippen LogP contribution in [0.4, 0.5) is 5.82 Å². The third-order valence-corrected chi connectivity index (χ3v) is 2.73. The fourth-order valence-electron chi connectivity index (χ4n) is 1.30. The van der Waals surface area contributed by atoms with Gasteiger partial charge in [0.2, 0.25) is 0 Å². The Balaban J connectivity index is 1.93. The number of carbonyl (C=O) groups is 1. The van der Waals surface area contributed by atoms with E-state index < -0.39 is 6.10 Å². The zero-order valence-corrected chi connectivity index (χ0v) is 10.6. The Kier molecular flexibility index (Phi) is 4.08. The van der Waals surface area contributed by atoms with Crippen molar-refractivity contribution < 1.29 is 14.3 Å². The van der Waals surface area contributed by atoms with Crippen molar-refractivity contribution in [1.82, 2.24) is 4.98 Å². The van der Waals surface area contributed by atoms with Crippen molar-refractivity contribution in [3.05, 3.63) is 21.9 Å². The van der Waals surface area contributed by atoms with Gasteiger partial charge in [0, 0.05) is 9.77 Å². The van der Waals surface area contributed by atoms with Gasteiger partial charge in [0.1, 0.15) is 5.82 Å². The first-order valence-electron chi connectivity index (χ1n) is 4.87. The Morgan fingerprint density at radius 2 is 2.38 bits per heavy atom. The van der Waals surface area contributed by atoms with E-state index in [0.717, 1.165) is 3.57 Å². The third-order valence-electron chi connectivity index (χ3n) is 2.09. The minimum absolute atomic E-state index is 0.214. The number of rotatable bonds is 2. The molecule has 6 heteroatoms. The van der Waals surface area contributed by atoms with Crippen molar-refractivity contribution in [3.63, 3.8) is 0 Å². The smallest absolute Gasteiger partial charge is 0.257 e. The quantitative estimate of drug-likeness (QED) is 0.821. The van der Waals surface area contributed by atoms with Gasteiger partial charge in [0.25, 0.3) is 5.91 Å². The number of pyridine rings is 1. The Morgan fingerprint density at radius 1 is 1.50 bits per heavy atom. The summed E-state index contributed by atoms with van der Waals surface area (Å²) < 4.78 is 11.4. The Hall–Kier alpha value is -0.730. The summed E-state index contributed by atoms with van der Waals surface area (Å²) in [4.78, 5) is 15.8. The molecule has 1 aliphatic rings. The van der Waals surface area contributed by atoms with Gasteiger partial charge in [-0.05, 0) is 34.7 Å². The maximum absolute atomic E-state index is 11.7. The second kappa shape index (κ2) is 5.55. The summed E-state index contributed by atoms with van der Waals surface area (Å²) in [5, 5.41) is 2.68. The molecule has 0 unspecified atom stereocenters. The Morgan fingerprint density at radius 3 is 3.00 bits per heavy atom. The van der Waals surface area contributed by atoms with Gasteiger partial charge in [-0.3, -0.25) is 4.79 Å². The molecule has 1 saturated heterocycles. The summed E-state index contributed by atoms with van der Waals surface area (Å²) in [5.74, 6) is 0.313. The van der Waals surface area contributed by atoms with E-state index in [4.69, 9.17) is 9.47 Å². The van der Waals surface area contributed by atoms with E-state index >= 15 is 0 Å². The predicted molar refractivity (Wildman–Crippen MR) is 66.1 cm³/mol. The molecular weight excluding hydrogens is 323 g/mol. The molecule has 1 atom stereocenters. The van der Waals surface area contributed by atoms with E-state index in [1.165, 1.54) is 0 Å². The summed E-state index contributed by atoms with van der Waals surface area (Å²) >= 11 is 2.15. The minimum atomic E-state index is -0.533. The van der Waals surface area contributed by atoms with Crippen LogP contribution in [-0.4, -0.2) is 36.8 Å². The molecule has 2 heterocycles. The summed E-state index contributed by atoms with van der Waals surface area (Å²) in [5.41, 5.74) is 0. The molecule has 86 valence electrons. The van der Waals surface area contributed by atoms with Crippen LogP contribution < -0.4 is 5.32 Å². The maximum Gasteiger partial charge on any atom is 0.257 e. The highest BCUT2D eigenvalue weighted by Crippen LogP contribution is 2.09. The number of ether oxygens (including phenoxy) is 2. The first-order valence-corrected chi connectivity index (χ1v) is 5.95. The van der Waals surface area contributed by atoms with Crippen molar-refractivity contribution in [2.24, 2.45) is 0 Å². The number of hydrogen-bond donors (Lipinski definition) is 1. The number of hydrogen-bond acceptors (Lipinski definition) is 4. The van der Waals surface area contributed by atoms with E-state index in [2.05, 4.69) is 32.9 Å². The van der Waals surface area contributed by atoms with Crippen molar-refractivity contribution >= 4 is 34.3 Å². The van der Waals surface area contributed by atoms with Gasteiger partial charge < -0.3 is 14.8 Å². The zero-order valence-electron chi connectivity index (χ0n) is 8.48. The molecule has 16 heavy (non-hydrogen) atoms. The molecule has 1 aromatic heterocycles. The second-order valence-electron chi connectivity index (χ2n) is 3.29. The molecule has 0 aromatic carbocycles. The summed E-state index contributed by atoms with van der Waals surface area (Å²) in [6.45, 7) is 1.31. The van der Waals surface area contributed by atoms with E-state index in [1.54, 1.807) is 12.3 Å². The number of halogens is 1. The van der Waals surface area contributed by atoms with E-state index in [1.807, 2.05) is 6.07 Å². The molecule has 0 aliphatic carbocycles. The van der Waals surface area contributed by atoms with Crippen molar-refractivity contribution in [2.75, 3.05) is 25.1 Å². The molecular formula is C10H11IN2O3. The van der Waals surface area contributed by atoms with E-state index in [-0.39, 0.29) is 5.91 Å². The average molecular weight is 334 g/mol. The number of aromatic nitrogens is 1. The van der Waals surface area contributed by atoms with Crippen LogP contribution in [0, 0.1) is 3.57 Å². The summed E-state index contributed by atoms with van der Waals surface area (Å²) in [6.07, 6.45) is 1.16. The lowest BCUT2D eigenvalue weighted by atomic mass is 10.3. The van der Waals surface area contributed by atoms with Crippen LogP contribution in [0.3, 0.4) is 0 Å². The number of anilines is 1. The normalized spacial score (nSPS) is 20.4. The standard InChI is InChI=1S/C10H11IN2O3/c11-7-1-2-9(12-5-7)13-10(14)8-6-15-3-4-16-8/h1-2,5,8H,3-4,6H2,(H,12,13,14)/t8-/m0/s1. The highest BCUT2D eigenvalue weighted by Gasteiger charge is 2.22. The van der Waals surface area contributed by atoms with Crippen LogP contribution in [-0.2, 0) is 14.3 Å². The highest BCUT2D eigenvalue weighted by molar-refractivity contribution is 14.1. The monoisotopic (exact) mass is 334 g/mol. The summed E-state index contributed by atoms with van der Waals surface area (Å²) in [7, 11) is 0. The van der Waals surface area contributed by atoms with Crippen LogP contribution in [0.15, 0.2) is 18.3 Å². The van der Waals surface area contributed by atoms with Crippen LogP contribution in [0.1, 0.15) is 0 Å². The van der Waals surface area contributed by atoms with Gasteiger partial charge >= 0.3 is 0 Å². The third kappa shape index (κ3) is 3.13. The van der Waals surface area contributed by atoms with Crippen LogP contribution in [0.25, 0.3) is 0 Å². The second-order valence-corrected chi connectivity index (χ2v) is 4.53. The van der Waals surface area contributed by atoms with Crippen molar-refractivity contribution in [2.45, 2.75) is 6.10 Å². The largest absolute Gasteiger partial charge is 0.376 e. The highest BCUT2D eigenvalue weighted by atomic mass is 127. The molecule has 0 bridgehead atoms. The van der Waals surface area contributed by atoms with Gasteiger partial charge in [-0.1, -0.05) is 0 Å². The Bertz CT molecular complexity index is 363. The lowest BCUT2D eigenvalue weighted by Crippen LogP contribution is -2.39. The molecule has 2 rings (SSSR count). The number of nitrogens with one attached hydrogen (secondary N) is 1. The Labute approximate surface area is 107 Å². The maximum atomic E-state index is 11.7. The molecule has 1 aliphatic heterocycles.